The maximum Gasteiger partial charge on any atom is 0.143 e. The van der Waals surface area contributed by atoms with Gasteiger partial charge in [0.25, 0.3) is 0 Å². The first-order valence-electron chi connectivity index (χ1n) is 4.88. The van der Waals surface area contributed by atoms with E-state index in [9.17, 15) is 0 Å². The van der Waals surface area contributed by atoms with Gasteiger partial charge in [0.05, 0.1) is 9.26 Å². The Morgan fingerprint density at radius 1 is 1.33 bits per heavy atom. The van der Waals surface area contributed by atoms with Crippen LogP contribution in [0.1, 0.15) is 17.9 Å². The average molecular weight is 321 g/mol. The molecule has 1 aromatic heterocycles. The zero-order valence-corrected chi connectivity index (χ0v) is 11.5. The zero-order valence-electron chi connectivity index (χ0n) is 9.30. The van der Waals surface area contributed by atoms with Crippen molar-refractivity contribution < 1.29 is 4.74 Å². The summed E-state index contributed by atoms with van der Waals surface area (Å²) in [7, 11) is 1.71. The van der Waals surface area contributed by atoms with Crippen molar-refractivity contribution in [2.24, 2.45) is 0 Å². The third-order valence-electron chi connectivity index (χ3n) is 1.95. The predicted octanol–water partition coefficient (Wildman–Crippen LogP) is 2.15. The number of halogens is 1. The molecular formula is C10H16IN3O. The van der Waals surface area contributed by atoms with E-state index in [1.165, 1.54) is 0 Å². The summed E-state index contributed by atoms with van der Waals surface area (Å²) in [6, 6.07) is 0. The molecule has 1 aromatic rings. The molecule has 15 heavy (non-hydrogen) atoms. The van der Waals surface area contributed by atoms with Crippen molar-refractivity contribution in [3.8, 4) is 0 Å². The van der Waals surface area contributed by atoms with Gasteiger partial charge in [-0.05, 0) is 42.9 Å². The van der Waals surface area contributed by atoms with Crippen molar-refractivity contribution in [3.63, 3.8) is 0 Å². The third-order valence-corrected chi connectivity index (χ3v) is 3.24. The molecule has 1 heterocycles. The molecule has 0 fully saturated rings. The Balaban J connectivity index is 2.60. The maximum atomic E-state index is 4.98. The SMILES string of the molecule is COCCCNc1nc(C)nc(C)c1I. The lowest BCUT2D eigenvalue weighted by Crippen LogP contribution is -2.09. The Labute approximate surface area is 104 Å². The standard InChI is InChI=1S/C10H16IN3O/c1-7-9(11)10(14-8(2)13-7)12-5-4-6-15-3/h4-6H2,1-3H3,(H,12,13,14). The lowest BCUT2D eigenvalue weighted by Gasteiger charge is -2.09. The number of ether oxygens (including phenoxy) is 1. The van der Waals surface area contributed by atoms with Crippen LogP contribution in [0.5, 0.6) is 0 Å². The number of rotatable bonds is 5. The zero-order chi connectivity index (χ0) is 11.3. The van der Waals surface area contributed by atoms with Crippen LogP contribution >= 0.6 is 22.6 Å². The van der Waals surface area contributed by atoms with E-state index in [0.29, 0.717) is 0 Å². The van der Waals surface area contributed by atoms with Gasteiger partial charge in [-0.1, -0.05) is 0 Å². The summed E-state index contributed by atoms with van der Waals surface area (Å²) in [6.45, 7) is 5.55. The molecular weight excluding hydrogens is 305 g/mol. The van der Waals surface area contributed by atoms with Gasteiger partial charge in [0.1, 0.15) is 11.6 Å². The fourth-order valence-corrected chi connectivity index (χ4v) is 1.67. The van der Waals surface area contributed by atoms with E-state index in [0.717, 1.165) is 40.5 Å². The Bertz CT molecular complexity index is 331. The lowest BCUT2D eigenvalue weighted by atomic mass is 10.4. The highest BCUT2D eigenvalue weighted by Gasteiger charge is 2.05. The number of nitrogens with one attached hydrogen (secondary N) is 1. The first-order chi connectivity index (χ1) is 7.15. The van der Waals surface area contributed by atoms with Gasteiger partial charge in [-0.15, -0.1) is 0 Å². The largest absolute Gasteiger partial charge is 0.385 e. The second-order valence-electron chi connectivity index (χ2n) is 3.29. The second-order valence-corrected chi connectivity index (χ2v) is 4.37. The van der Waals surface area contributed by atoms with Gasteiger partial charge < -0.3 is 10.1 Å². The van der Waals surface area contributed by atoms with E-state index in [4.69, 9.17) is 4.74 Å². The number of hydrogen-bond donors (Lipinski definition) is 1. The predicted molar refractivity (Wildman–Crippen MR) is 69.2 cm³/mol. The molecule has 0 saturated carbocycles. The summed E-state index contributed by atoms with van der Waals surface area (Å²) in [5.74, 6) is 1.74. The fourth-order valence-electron chi connectivity index (χ4n) is 1.24. The molecule has 0 saturated heterocycles. The maximum absolute atomic E-state index is 4.98. The molecule has 0 aromatic carbocycles. The minimum Gasteiger partial charge on any atom is -0.385 e. The number of hydrogen-bond acceptors (Lipinski definition) is 4. The van der Waals surface area contributed by atoms with Gasteiger partial charge >= 0.3 is 0 Å². The Hall–Kier alpha value is -0.430. The lowest BCUT2D eigenvalue weighted by molar-refractivity contribution is 0.197. The molecule has 1 rings (SSSR count). The van der Waals surface area contributed by atoms with Crippen LogP contribution in [0.4, 0.5) is 5.82 Å². The summed E-state index contributed by atoms with van der Waals surface area (Å²) in [5, 5.41) is 3.29. The van der Waals surface area contributed by atoms with Gasteiger partial charge in [-0.3, -0.25) is 0 Å². The van der Waals surface area contributed by atoms with Gasteiger partial charge in [-0.25, -0.2) is 9.97 Å². The van der Waals surface area contributed by atoms with Crippen LogP contribution in [0.3, 0.4) is 0 Å². The van der Waals surface area contributed by atoms with E-state index in [2.05, 4.69) is 37.9 Å². The molecule has 0 aliphatic carbocycles. The quantitative estimate of drug-likeness (QED) is 0.667. The van der Waals surface area contributed by atoms with Crippen LogP contribution in [0.15, 0.2) is 0 Å². The number of aryl methyl sites for hydroxylation is 2. The topological polar surface area (TPSA) is 47.0 Å². The summed E-state index contributed by atoms with van der Waals surface area (Å²) in [5.41, 5.74) is 1.03. The van der Waals surface area contributed by atoms with E-state index in [1.54, 1.807) is 7.11 Å². The second kappa shape index (κ2) is 6.22. The first-order valence-corrected chi connectivity index (χ1v) is 5.96. The summed E-state index contributed by atoms with van der Waals surface area (Å²) >= 11 is 2.26. The molecule has 84 valence electrons. The van der Waals surface area contributed by atoms with E-state index in [1.807, 2.05) is 13.8 Å². The van der Waals surface area contributed by atoms with Crippen LogP contribution in [0.25, 0.3) is 0 Å². The van der Waals surface area contributed by atoms with E-state index >= 15 is 0 Å². The van der Waals surface area contributed by atoms with Crippen LogP contribution in [-0.4, -0.2) is 30.2 Å². The van der Waals surface area contributed by atoms with Crippen molar-refractivity contribution in [3.05, 3.63) is 15.1 Å². The van der Waals surface area contributed by atoms with Crippen LogP contribution in [0, 0.1) is 17.4 Å². The smallest absolute Gasteiger partial charge is 0.143 e. The average Bonchev–Trinajstić information content (AvgIpc) is 2.19. The molecule has 5 heteroatoms. The van der Waals surface area contributed by atoms with Crippen molar-refractivity contribution >= 4 is 28.4 Å². The molecule has 4 nitrogen and oxygen atoms in total. The number of aromatic nitrogens is 2. The summed E-state index contributed by atoms with van der Waals surface area (Å²) in [6.07, 6.45) is 0.981. The van der Waals surface area contributed by atoms with Crippen LogP contribution in [0.2, 0.25) is 0 Å². The monoisotopic (exact) mass is 321 g/mol. The van der Waals surface area contributed by atoms with Gasteiger partial charge in [0.2, 0.25) is 0 Å². The summed E-state index contributed by atoms with van der Waals surface area (Å²) in [4.78, 5) is 8.66. The van der Waals surface area contributed by atoms with Gasteiger partial charge in [0, 0.05) is 20.3 Å². The third kappa shape index (κ3) is 3.90. The fraction of sp³-hybridized carbons (Fsp3) is 0.600. The summed E-state index contributed by atoms with van der Waals surface area (Å²) < 4.78 is 6.08. The molecule has 0 bridgehead atoms. The highest BCUT2D eigenvalue weighted by molar-refractivity contribution is 14.1. The molecule has 1 N–H and O–H groups in total. The number of nitrogens with zero attached hydrogens (tertiary/aromatic N) is 2. The van der Waals surface area contributed by atoms with Crippen LogP contribution in [-0.2, 0) is 4.74 Å². The van der Waals surface area contributed by atoms with Crippen molar-refractivity contribution in [2.75, 3.05) is 25.6 Å². The van der Waals surface area contributed by atoms with E-state index < -0.39 is 0 Å². The number of methoxy groups -OCH3 is 1. The molecule has 0 unspecified atom stereocenters. The molecule has 0 aliphatic rings. The van der Waals surface area contributed by atoms with Gasteiger partial charge in [-0.2, -0.15) is 0 Å². The minimum atomic E-state index is 0.770. The van der Waals surface area contributed by atoms with Crippen molar-refractivity contribution in [1.29, 1.82) is 0 Å². The Morgan fingerprint density at radius 2 is 2.07 bits per heavy atom. The molecule has 0 spiro atoms. The normalized spacial score (nSPS) is 10.4. The molecule has 0 aliphatic heterocycles. The first kappa shape index (κ1) is 12.6. The van der Waals surface area contributed by atoms with Crippen molar-refractivity contribution in [2.45, 2.75) is 20.3 Å². The Kier molecular flexibility index (Phi) is 5.24. The minimum absolute atomic E-state index is 0.770. The van der Waals surface area contributed by atoms with Crippen molar-refractivity contribution in [1.82, 2.24) is 9.97 Å². The van der Waals surface area contributed by atoms with Crippen LogP contribution < -0.4 is 5.32 Å². The van der Waals surface area contributed by atoms with Gasteiger partial charge in [0.15, 0.2) is 0 Å². The molecule has 0 amide bonds. The molecule has 0 atom stereocenters. The highest BCUT2D eigenvalue weighted by atomic mass is 127. The molecule has 0 radical (unpaired) electrons. The highest BCUT2D eigenvalue weighted by Crippen LogP contribution is 2.18. The van der Waals surface area contributed by atoms with E-state index in [-0.39, 0.29) is 0 Å². The Morgan fingerprint density at radius 3 is 2.73 bits per heavy atom. The number of anilines is 1.